The van der Waals surface area contributed by atoms with Crippen LogP contribution in [0.4, 0.5) is 5.82 Å². The summed E-state index contributed by atoms with van der Waals surface area (Å²) in [5, 5.41) is 0.997. The highest BCUT2D eigenvalue weighted by Crippen LogP contribution is 2.16. The average molecular weight is 217 g/mol. The van der Waals surface area contributed by atoms with Crippen LogP contribution in [0.15, 0.2) is 12.3 Å². The molecule has 64 valence electrons. The SMILES string of the molecule is Nc1[nH+]cc(Cl)cc1Cl.O.[Cl-]. The fourth-order valence-electron chi connectivity index (χ4n) is 0.456. The van der Waals surface area contributed by atoms with Crippen LogP contribution >= 0.6 is 23.2 Å². The first kappa shape index (κ1) is 13.4. The molecule has 1 aromatic rings. The molecule has 5 N–H and O–H groups in total. The quantitative estimate of drug-likeness (QED) is 0.516. The van der Waals surface area contributed by atoms with E-state index < -0.39 is 0 Å². The normalized spacial score (nSPS) is 7.82. The Bertz CT molecular complexity index is 231. The van der Waals surface area contributed by atoms with Gasteiger partial charge in [0.15, 0.2) is 0 Å². The number of nitrogens with one attached hydrogen (secondary N) is 1. The minimum Gasteiger partial charge on any atom is -1.00 e. The van der Waals surface area contributed by atoms with Gasteiger partial charge in [-0.15, -0.1) is 0 Å². The van der Waals surface area contributed by atoms with Gasteiger partial charge in [-0.3, -0.25) is 5.73 Å². The standard InChI is InChI=1S/C5H4Cl2N2.ClH.H2O/c6-3-1-4(7)5(8)9-2-3;;/h1-2H,(H2,8,9);1H;1H2. The van der Waals surface area contributed by atoms with Gasteiger partial charge in [-0.25, -0.2) is 4.98 Å². The number of hydrogen-bond donors (Lipinski definition) is 1. The van der Waals surface area contributed by atoms with Crippen LogP contribution in [0.25, 0.3) is 0 Å². The van der Waals surface area contributed by atoms with Gasteiger partial charge in [-0.1, -0.05) is 23.2 Å². The van der Waals surface area contributed by atoms with Gasteiger partial charge in [0.05, 0.1) is 5.02 Å². The lowest BCUT2D eigenvalue weighted by atomic mass is 10.5. The zero-order chi connectivity index (χ0) is 6.85. The van der Waals surface area contributed by atoms with E-state index in [1.54, 1.807) is 12.3 Å². The van der Waals surface area contributed by atoms with Crippen LogP contribution in [0.5, 0.6) is 0 Å². The molecule has 1 heterocycles. The topological polar surface area (TPSA) is 71.7 Å². The Labute approximate surface area is 80.2 Å². The Balaban J connectivity index is 0. The minimum atomic E-state index is 0. The summed E-state index contributed by atoms with van der Waals surface area (Å²) in [5.41, 5.74) is 5.34. The third kappa shape index (κ3) is 3.62. The van der Waals surface area contributed by atoms with E-state index in [0.29, 0.717) is 15.9 Å². The maximum Gasteiger partial charge on any atom is 0.289 e. The van der Waals surface area contributed by atoms with E-state index in [2.05, 4.69) is 4.98 Å². The van der Waals surface area contributed by atoms with Crippen molar-refractivity contribution >= 4 is 29.0 Å². The van der Waals surface area contributed by atoms with Crippen LogP contribution in [0.3, 0.4) is 0 Å². The molecule has 0 atom stereocenters. The molecule has 1 aromatic heterocycles. The summed E-state index contributed by atoms with van der Waals surface area (Å²) in [6, 6.07) is 1.58. The highest BCUT2D eigenvalue weighted by molar-refractivity contribution is 6.35. The summed E-state index contributed by atoms with van der Waals surface area (Å²) >= 11 is 11.1. The predicted molar refractivity (Wildman–Crippen MR) is 41.0 cm³/mol. The second kappa shape index (κ2) is 5.43. The maximum absolute atomic E-state index is 5.57. The number of aromatic amines is 1. The minimum absolute atomic E-state index is 0. The first-order valence-electron chi connectivity index (χ1n) is 2.32. The molecule has 1 rings (SSSR count). The zero-order valence-corrected chi connectivity index (χ0v) is 7.63. The fraction of sp³-hybridized carbons (Fsp3) is 0. The van der Waals surface area contributed by atoms with E-state index in [1.807, 2.05) is 0 Å². The molecule has 0 aliphatic rings. The summed E-state index contributed by atoms with van der Waals surface area (Å²) in [4.78, 5) is 2.68. The van der Waals surface area contributed by atoms with Crippen molar-refractivity contribution in [3.8, 4) is 0 Å². The Morgan fingerprint density at radius 3 is 2.27 bits per heavy atom. The van der Waals surface area contributed by atoms with Crippen molar-refractivity contribution in [1.29, 1.82) is 0 Å². The Morgan fingerprint density at radius 2 is 1.91 bits per heavy atom. The summed E-state index contributed by atoms with van der Waals surface area (Å²) in [5.74, 6) is 0.432. The van der Waals surface area contributed by atoms with Gasteiger partial charge in [0.25, 0.3) is 5.82 Å². The Hall–Kier alpha value is -0.220. The second-order valence-corrected chi connectivity index (χ2v) is 2.42. The predicted octanol–water partition coefficient (Wildman–Crippen LogP) is -2.43. The third-order valence-corrected chi connectivity index (χ3v) is 1.42. The van der Waals surface area contributed by atoms with E-state index in [-0.39, 0.29) is 17.9 Å². The van der Waals surface area contributed by atoms with Crippen LogP contribution in [0.2, 0.25) is 10.0 Å². The largest absolute Gasteiger partial charge is 1.00 e. The number of nitrogens with two attached hydrogens (primary N) is 1. The van der Waals surface area contributed by atoms with E-state index in [0.717, 1.165) is 0 Å². The summed E-state index contributed by atoms with van der Waals surface area (Å²) in [7, 11) is 0. The van der Waals surface area contributed by atoms with Gasteiger partial charge in [-0.05, 0) is 6.07 Å². The lowest BCUT2D eigenvalue weighted by Crippen LogP contribution is -3.00. The lowest BCUT2D eigenvalue weighted by molar-refractivity contribution is -0.360. The van der Waals surface area contributed by atoms with E-state index in [4.69, 9.17) is 28.9 Å². The first-order chi connectivity index (χ1) is 4.20. The summed E-state index contributed by atoms with van der Waals surface area (Å²) < 4.78 is 0. The van der Waals surface area contributed by atoms with Crippen molar-refractivity contribution in [1.82, 2.24) is 0 Å². The van der Waals surface area contributed by atoms with Crippen LogP contribution < -0.4 is 23.1 Å². The lowest BCUT2D eigenvalue weighted by Gasteiger charge is -1.88. The maximum atomic E-state index is 5.57. The molecular weight excluding hydrogens is 210 g/mol. The van der Waals surface area contributed by atoms with E-state index >= 15 is 0 Å². The molecule has 0 saturated carbocycles. The van der Waals surface area contributed by atoms with Gasteiger partial charge in [-0.2, -0.15) is 0 Å². The first-order valence-corrected chi connectivity index (χ1v) is 3.08. The number of H-pyrrole nitrogens is 1. The molecule has 0 spiro atoms. The molecule has 6 heteroatoms. The molecule has 0 amide bonds. The molecule has 0 unspecified atom stereocenters. The molecule has 0 fully saturated rings. The highest BCUT2D eigenvalue weighted by Gasteiger charge is 2.00. The van der Waals surface area contributed by atoms with E-state index in [9.17, 15) is 0 Å². The molecule has 3 nitrogen and oxygen atoms in total. The van der Waals surface area contributed by atoms with Crippen molar-refractivity contribution < 1.29 is 22.9 Å². The third-order valence-electron chi connectivity index (χ3n) is 0.887. The molecule has 11 heavy (non-hydrogen) atoms. The van der Waals surface area contributed by atoms with Gasteiger partial charge >= 0.3 is 0 Å². The Morgan fingerprint density at radius 1 is 1.36 bits per heavy atom. The van der Waals surface area contributed by atoms with E-state index in [1.165, 1.54) is 0 Å². The molecule has 0 saturated heterocycles. The van der Waals surface area contributed by atoms with Gasteiger partial charge in [0.2, 0.25) is 0 Å². The highest BCUT2D eigenvalue weighted by atomic mass is 35.5. The number of nitrogen functional groups attached to an aromatic ring is 1. The number of anilines is 1. The molecule has 0 radical (unpaired) electrons. The van der Waals surface area contributed by atoms with Gasteiger partial charge in [0, 0.05) is 0 Å². The summed E-state index contributed by atoms with van der Waals surface area (Å²) in [6.45, 7) is 0. The molecular formula is C5H7Cl3N2O. The fourth-order valence-corrected chi connectivity index (χ4v) is 0.848. The average Bonchev–Trinajstić information content (AvgIpc) is 1.80. The van der Waals surface area contributed by atoms with Crippen LogP contribution in [-0.4, -0.2) is 5.48 Å². The Kier molecular flexibility index (Phi) is 6.61. The molecule has 0 aromatic carbocycles. The molecule has 0 aliphatic carbocycles. The number of aromatic nitrogens is 1. The number of halogens is 3. The zero-order valence-electron chi connectivity index (χ0n) is 5.37. The van der Waals surface area contributed by atoms with Crippen molar-refractivity contribution in [3.63, 3.8) is 0 Å². The number of pyridine rings is 1. The van der Waals surface area contributed by atoms with Crippen molar-refractivity contribution in [3.05, 3.63) is 22.3 Å². The molecule has 0 aliphatic heterocycles. The van der Waals surface area contributed by atoms with Crippen LogP contribution in [0, 0.1) is 0 Å². The summed E-state index contributed by atoms with van der Waals surface area (Å²) in [6.07, 6.45) is 1.57. The molecule has 0 bridgehead atoms. The number of rotatable bonds is 0. The van der Waals surface area contributed by atoms with Crippen LogP contribution in [-0.2, 0) is 0 Å². The number of hydrogen-bond acceptors (Lipinski definition) is 1. The van der Waals surface area contributed by atoms with Gasteiger partial charge in [0.1, 0.15) is 11.2 Å². The van der Waals surface area contributed by atoms with Crippen molar-refractivity contribution in [2.24, 2.45) is 0 Å². The monoisotopic (exact) mass is 216 g/mol. The second-order valence-electron chi connectivity index (χ2n) is 1.58. The smallest absolute Gasteiger partial charge is 0.289 e. The van der Waals surface area contributed by atoms with Crippen molar-refractivity contribution in [2.45, 2.75) is 0 Å². The van der Waals surface area contributed by atoms with Gasteiger partial charge < -0.3 is 17.9 Å². The van der Waals surface area contributed by atoms with Crippen LogP contribution in [0.1, 0.15) is 0 Å². The van der Waals surface area contributed by atoms with Crippen molar-refractivity contribution in [2.75, 3.05) is 5.73 Å².